The second kappa shape index (κ2) is 4.07. The number of para-hydroxylation sites is 1. The van der Waals surface area contributed by atoms with E-state index in [-0.39, 0.29) is 17.6 Å². The molecule has 0 bridgehead atoms. The maximum Gasteiger partial charge on any atom is 0.165 e. The smallest absolute Gasteiger partial charge is 0.165 e. The van der Waals surface area contributed by atoms with Gasteiger partial charge in [0, 0.05) is 6.04 Å². The molecule has 2 N–H and O–H groups in total. The van der Waals surface area contributed by atoms with E-state index in [9.17, 15) is 4.39 Å². The van der Waals surface area contributed by atoms with E-state index in [0.29, 0.717) is 6.61 Å². The van der Waals surface area contributed by atoms with Gasteiger partial charge in [0.05, 0.1) is 0 Å². The molecule has 0 heterocycles. The average Bonchev–Trinajstić information content (AvgIpc) is 2.03. The normalized spacial score (nSPS) is 12.6. The van der Waals surface area contributed by atoms with Crippen LogP contribution in [0.1, 0.15) is 6.92 Å². The summed E-state index contributed by atoms with van der Waals surface area (Å²) in [5, 5.41) is 0. The van der Waals surface area contributed by atoms with Gasteiger partial charge in [-0.25, -0.2) is 4.39 Å². The van der Waals surface area contributed by atoms with Crippen LogP contribution in [0.2, 0.25) is 0 Å². The van der Waals surface area contributed by atoms with Gasteiger partial charge in [-0.1, -0.05) is 12.1 Å². The number of halogens is 1. The van der Waals surface area contributed by atoms with Crippen LogP contribution >= 0.6 is 0 Å². The van der Waals surface area contributed by atoms with Crippen molar-refractivity contribution in [2.75, 3.05) is 6.61 Å². The highest BCUT2D eigenvalue weighted by Gasteiger charge is 2.01. The predicted octanol–water partition coefficient (Wildman–Crippen LogP) is 1.55. The number of hydrogen-bond acceptors (Lipinski definition) is 2. The van der Waals surface area contributed by atoms with Crippen LogP contribution in [0, 0.1) is 5.82 Å². The highest BCUT2D eigenvalue weighted by Crippen LogP contribution is 2.14. The van der Waals surface area contributed by atoms with E-state index in [1.165, 1.54) is 6.07 Å². The van der Waals surface area contributed by atoms with Crippen molar-refractivity contribution >= 4 is 0 Å². The Labute approximate surface area is 71.1 Å². The summed E-state index contributed by atoms with van der Waals surface area (Å²) in [6.45, 7) is 2.14. The van der Waals surface area contributed by atoms with Gasteiger partial charge in [-0.3, -0.25) is 0 Å². The molecular formula is C9H12FNO. The molecule has 0 spiro atoms. The summed E-state index contributed by atoms with van der Waals surface area (Å²) in [5.74, 6) is -0.0899. The van der Waals surface area contributed by atoms with E-state index in [1.54, 1.807) is 25.1 Å². The Morgan fingerprint density at radius 2 is 2.17 bits per heavy atom. The molecule has 1 aromatic rings. The summed E-state index contributed by atoms with van der Waals surface area (Å²) in [6.07, 6.45) is 0. The summed E-state index contributed by atoms with van der Waals surface area (Å²) in [5.41, 5.74) is 5.44. The summed E-state index contributed by atoms with van der Waals surface area (Å²) < 4.78 is 18.0. The monoisotopic (exact) mass is 169 g/mol. The lowest BCUT2D eigenvalue weighted by Crippen LogP contribution is -2.23. The molecule has 3 heteroatoms. The first-order chi connectivity index (χ1) is 5.70. The van der Waals surface area contributed by atoms with E-state index < -0.39 is 0 Å². The van der Waals surface area contributed by atoms with Crippen LogP contribution in [-0.2, 0) is 0 Å². The molecule has 0 saturated carbocycles. The quantitative estimate of drug-likeness (QED) is 0.745. The fraction of sp³-hybridized carbons (Fsp3) is 0.333. The lowest BCUT2D eigenvalue weighted by Gasteiger charge is -2.08. The van der Waals surface area contributed by atoms with E-state index >= 15 is 0 Å². The average molecular weight is 169 g/mol. The van der Waals surface area contributed by atoms with E-state index in [0.717, 1.165) is 0 Å². The second-order valence-electron chi connectivity index (χ2n) is 2.72. The number of benzene rings is 1. The SMILES string of the molecule is C[C@H](N)COc1ccccc1F. The van der Waals surface area contributed by atoms with Gasteiger partial charge in [-0.15, -0.1) is 0 Å². The summed E-state index contributed by atoms with van der Waals surface area (Å²) in [6, 6.07) is 6.20. The predicted molar refractivity (Wildman–Crippen MR) is 45.5 cm³/mol. The van der Waals surface area contributed by atoms with Gasteiger partial charge in [-0.2, -0.15) is 0 Å². The summed E-state index contributed by atoms with van der Waals surface area (Å²) >= 11 is 0. The Balaban J connectivity index is 2.57. The minimum Gasteiger partial charge on any atom is -0.489 e. The molecule has 1 atom stereocenters. The van der Waals surface area contributed by atoms with Crippen molar-refractivity contribution in [2.24, 2.45) is 5.73 Å². The Kier molecular flexibility index (Phi) is 3.05. The zero-order valence-electron chi connectivity index (χ0n) is 6.96. The molecule has 0 saturated heterocycles. The third-order valence-corrected chi connectivity index (χ3v) is 1.34. The molecule has 0 unspecified atom stereocenters. The molecule has 0 amide bonds. The lowest BCUT2D eigenvalue weighted by atomic mass is 10.3. The number of ether oxygens (including phenoxy) is 1. The van der Waals surface area contributed by atoms with Crippen LogP contribution in [-0.4, -0.2) is 12.6 Å². The summed E-state index contributed by atoms with van der Waals surface area (Å²) in [7, 11) is 0. The van der Waals surface area contributed by atoms with Crippen LogP contribution in [0.25, 0.3) is 0 Å². The Morgan fingerprint density at radius 3 is 2.75 bits per heavy atom. The van der Waals surface area contributed by atoms with Gasteiger partial charge in [-0.05, 0) is 19.1 Å². The van der Waals surface area contributed by atoms with Gasteiger partial charge >= 0.3 is 0 Å². The molecule has 0 fully saturated rings. The van der Waals surface area contributed by atoms with E-state index in [4.69, 9.17) is 10.5 Å². The number of rotatable bonds is 3. The molecule has 66 valence electrons. The molecule has 1 aromatic carbocycles. The first kappa shape index (κ1) is 9.00. The van der Waals surface area contributed by atoms with E-state index in [1.807, 2.05) is 0 Å². The van der Waals surface area contributed by atoms with Gasteiger partial charge in [0.25, 0.3) is 0 Å². The molecular weight excluding hydrogens is 157 g/mol. The van der Waals surface area contributed by atoms with Gasteiger partial charge in [0.2, 0.25) is 0 Å². The first-order valence-corrected chi connectivity index (χ1v) is 3.83. The molecule has 0 aliphatic rings. The third kappa shape index (κ3) is 2.51. The topological polar surface area (TPSA) is 35.2 Å². The zero-order valence-corrected chi connectivity index (χ0v) is 6.96. The Hall–Kier alpha value is -1.09. The van der Waals surface area contributed by atoms with Gasteiger partial charge < -0.3 is 10.5 Å². The van der Waals surface area contributed by atoms with Crippen molar-refractivity contribution < 1.29 is 9.13 Å². The fourth-order valence-electron chi connectivity index (χ4n) is 0.783. The minimum atomic E-state index is -0.349. The van der Waals surface area contributed by atoms with Crippen molar-refractivity contribution in [3.05, 3.63) is 30.1 Å². The lowest BCUT2D eigenvalue weighted by molar-refractivity contribution is 0.282. The van der Waals surface area contributed by atoms with Crippen molar-refractivity contribution in [3.63, 3.8) is 0 Å². The molecule has 0 aliphatic heterocycles. The second-order valence-corrected chi connectivity index (χ2v) is 2.72. The van der Waals surface area contributed by atoms with E-state index in [2.05, 4.69) is 0 Å². The van der Waals surface area contributed by atoms with Gasteiger partial charge in [0.15, 0.2) is 11.6 Å². The van der Waals surface area contributed by atoms with Crippen molar-refractivity contribution in [1.82, 2.24) is 0 Å². The third-order valence-electron chi connectivity index (χ3n) is 1.34. The van der Waals surface area contributed by atoms with Crippen molar-refractivity contribution in [2.45, 2.75) is 13.0 Å². The van der Waals surface area contributed by atoms with Crippen molar-refractivity contribution in [3.8, 4) is 5.75 Å². The molecule has 12 heavy (non-hydrogen) atoms. The van der Waals surface area contributed by atoms with Crippen LogP contribution < -0.4 is 10.5 Å². The Bertz CT molecular complexity index is 250. The molecule has 2 nitrogen and oxygen atoms in total. The molecule has 1 rings (SSSR count). The van der Waals surface area contributed by atoms with Crippen LogP contribution in [0.3, 0.4) is 0 Å². The maximum atomic E-state index is 12.9. The maximum absolute atomic E-state index is 12.9. The van der Waals surface area contributed by atoms with Crippen LogP contribution in [0.4, 0.5) is 4.39 Å². The fourth-order valence-corrected chi connectivity index (χ4v) is 0.783. The zero-order chi connectivity index (χ0) is 8.97. The first-order valence-electron chi connectivity index (χ1n) is 3.83. The number of nitrogens with two attached hydrogens (primary N) is 1. The number of hydrogen-bond donors (Lipinski definition) is 1. The standard InChI is InChI=1S/C9H12FNO/c1-7(11)6-12-9-5-3-2-4-8(9)10/h2-5,7H,6,11H2,1H3/t7-/m0/s1. The molecule has 0 aliphatic carbocycles. The molecule has 0 radical (unpaired) electrons. The minimum absolute atomic E-state index is 0.0791. The Morgan fingerprint density at radius 1 is 1.50 bits per heavy atom. The summed E-state index contributed by atoms with van der Waals surface area (Å²) in [4.78, 5) is 0. The van der Waals surface area contributed by atoms with Gasteiger partial charge in [0.1, 0.15) is 6.61 Å². The highest BCUT2D eigenvalue weighted by molar-refractivity contribution is 5.23. The van der Waals surface area contributed by atoms with Crippen LogP contribution in [0.15, 0.2) is 24.3 Å². The van der Waals surface area contributed by atoms with Crippen molar-refractivity contribution in [1.29, 1.82) is 0 Å². The highest BCUT2D eigenvalue weighted by atomic mass is 19.1. The largest absolute Gasteiger partial charge is 0.489 e. The van der Waals surface area contributed by atoms with Crippen LogP contribution in [0.5, 0.6) is 5.75 Å². The molecule has 0 aromatic heterocycles.